The largest absolute Gasteiger partial charge is 0.329 e. The molecule has 0 fully saturated rings. The van der Waals surface area contributed by atoms with Crippen LogP contribution in [-0.2, 0) is 10.0 Å². The molecule has 1 aromatic carbocycles. The first-order valence-corrected chi connectivity index (χ1v) is 7.35. The van der Waals surface area contributed by atoms with Crippen LogP contribution in [0.1, 0.15) is 13.3 Å². The van der Waals surface area contributed by atoms with E-state index < -0.39 is 15.8 Å². The van der Waals surface area contributed by atoms with E-state index in [0.29, 0.717) is 6.42 Å². The van der Waals surface area contributed by atoms with Gasteiger partial charge in [-0.15, -0.1) is 0 Å². The van der Waals surface area contributed by atoms with Crippen LogP contribution in [0.15, 0.2) is 27.6 Å². The van der Waals surface area contributed by atoms with Gasteiger partial charge in [0.15, 0.2) is 0 Å². The third-order valence-corrected chi connectivity index (χ3v) is 4.46. The quantitative estimate of drug-likeness (QED) is 0.864. The summed E-state index contributed by atoms with van der Waals surface area (Å²) in [5, 5.41) is 0. The first kappa shape index (κ1) is 14.6. The summed E-state index contributed by atoms with van der Waals surface area (Å²) in [4.78, 5) is -0.106. The Kier molecular flexibility index (Phi) is 5.05. The minimum absolute atomic E-state index is 0.106. The van der Waals surface area contributed by atoms with Gasteiger partial charge in [-0.1, -0.05) is 6.92 Å². The molecule has 0 radical (unpaired) electrons. The molecule has 4 nitrogen and oxygen atoms in total. The molecular formula is C10H14BrFN2O2S. The highest BCUT2D eigenvalue weighted by atomic mass is 79.9. The number of sulfonamides is 1. The molecule has 0 saturated carbocycles. The minimum Gasteiger partial charge on any atom is -0.329 e. The number of hydrogen-bond donors (Lipinski definition) is 2. The third kappa shape index (κ3) is 3.74. The van der Waals surface area contributed by atoms with Crippen LogP contribution in [0.25, 0.3) is 0 Å². The Morgan fingerprint density at radius 3 is 2.65 bits per heavy atom. The predicted octanol–water partition coefficient (Wildman–Crippen LogP) is 1.60. The van der Waals surface area contributed by atoms with E-state index in [1.54, 1.807) is 0 Å². The van der Waals surface area contributed by atoms with Gasteiger partial charge in [-0.2, -0.15) is 0 Å². The predicted molar refractivity (Wildman–Crippen MR) is 67.6 cm³/mol. The van der Waals surface area contributed by atoms with Crippen molar-refractivity contribution in [3.63, 3.8) is 0 Å². The highest BCUT2D eigenvalue weighted by Crippen LogP contribution is 2.19. The molecule has 0 bridgehead atoms. The van der Waals surface area contributed by atoms with Gasteiger partial charge < -0.3 is 5.73 Å². The summed E-state index contributed by atoms with van der Waals surface area (Å²) in [6, 6.07) is 3.31. The summed E-state index contributed by atoms with van der Waals surface area (Å²) in [6.45, 7) is 2.02. The maximum atomic E-state index is 13.2. The topological polar surface area (TPSA) is 72.2 Å². The van der Waals surface area contributed by atoms with E-state index in [-0.39, 0.29) is 22.0 Å². The standard InChI is InChI=1S/C10H14BrFN2O2S/c1-2-7(6-13)14-17(15,16)8-3-4-9(11)10(12)5-8/h3-5,7,14H,2,6,13H2,1H3. The number of rotatable bonds is 5. The van der Waals surface area contributed by atoms with E-state index >= 15 is 0 Å². The van der Waals surface area contributed by atoms with Crippen molar-refractivity contribution >= 4 is 26.0 Å². The lowest BCUT2D eigenvalue weighted by molar-refractivity contribution is 0.540. The van der Waals surface area contributed by atoms with Gasteiger partial charge in [0.05, 0.1) is 9.37 Å². The summed E-state index contributed by atoms with van der Waals surface area (Å²) < 4.78 is 39.6. The van der Waals surface area contributed by atoms with Crippen molar-refractivity contribution in [2.75, 3.05) is 6.54 Å². The first-order valence-electron chi connectivity index (χ1n) is 5.08. The number of nitrogens with two attached hydrogens (primary N) is 1. The van der Waals surface area contributed by atoms with Crippen molar-refractivity contribution in [2.24, 2.45) is 5.73 Å². The average molecular weight is 325 g/mol. The highest BCUT2D eigenvalue weighted by Gasteiger charge is 2.19. The average Bonchev–Trinajstić information content (AvgIpc) is 2.29. The van der Waals surface area contributed by atoms with Gasteiger partial charge in [0.2, 0.25) is 10.0 Å². The number of hydrogen-bond acceptors (Lipinski definition) is 3. The molecule has 1 aromatic rings. The fraction of sp³-hybridized carbons (Fsp3) is 0.400. The van der Waals surface area contributed by atoms with Crippen molar-refractivity contribution in [3.8, 4) is 0 Å². The summed E-state index contributed by atoms with van der Waals surface area (Å²) in [5.74, 6) is -0.617. The van der Waals surface area contributed by atoms with Crippen LogP contribution >= 0.6 is 15.9 Å². The molecule has 7 heteroatoms. The van der Waals surface area contributed by atoms with Gasteiger partial charge in [-0.25, -0.2) is 17.5 Å². The Balaban J connectivity index is 3.01. The first-order chi connectivity index (χ1) is 7.90. The Hall–Kier alpha value is -0.500. The molecule has 0 aromatic heterocycles. The maximum Gasteiger partial charge on any atom is 0.240 e. The second-order valence-corrected chi connectivity index (χ2v) is 6.11. The highest BCUT2D eigenvalue weighted by molar-refractivity contribution is 9.10. The lowest BCUT2D eigenvalue weighted by Crippen LogP contribution is -2.39. The van der Waals surface area contributed by atoms with Crippen molar-refractivity contribution in [1.82, 2.24) is 4.72 Å². The SMILES string of the molecule is CCC(CN)NS(=O)(=O)c1ccc(Br)c(F)c1. The monoisotopic (exact) mass is 324 g/mol. The molecule has 0 amide bonds. The Morgan fingerprint density at radius 2 is 2.18 bits per heavy atom. The molecule has 0 spiro atoms. The molecule has 17 heavy (non-hydrogen) atoms. The van der Waals surface area contributed by atoms with Crippen LogP contribution in [0.4, 0.5) is 4.39 Å². The molecule has 3 N–H and O–H groups in total. The second kappa shape index (κ2) is 5.90. The van der Waals surface area contributed by atoms with Gasteiger partial charge >= 0.3 is 0 Å². The normalized spacial score (nSPS) is 13.6. The number of halogens is 2. The molecule has 96 valence electrons. The van der Waals surface area contributed by atoms with Crippen LogP contribution < -0.4 is 10.5 Å². The number of benzene rings is 1. The smallest absolute Gasteiger partial charge is 0.240 e. The number of nitrogens with one attached hydrogen (secondary N) is 1. The van der Waals surface area contributed by atoms with Crippen LogP contribution in [0, 0.1) is 5.82 Å². The van der Waals surface area contributed by atoms with Crippen LogP contribution in [0.2, 0.25) is 0 Å². The van der Waals surface area contributed by atoms with E-state index in [9.17, 15) is 12.8 Å². The molecular weight excluding hydrogens is 311 g/mol. The fourth-order valence-electron chi connectivity index (χ4n) is 1.23. The van der Waals surface area contributed by atoms with E-state index in [0.717, 1.165) is 6.07 Å². The Labute approximate surface area is 109 Å². The van der Waals surface area contributed by atoms with E-state index in [4.69, 9.17) is 5.73 Å². The molecule has 0 aliphatic heterocycles. The molecule has 0 saturated heterocycles. The van der Waals surface area contributed by atoms with E-state index in [1.807, 2.05) is 6.92 Å². The lowest BCUT2D eigenvalue weighted by atomic mass is 10.2. The van der Waals surface area contributed by atoms with Crippen LogP contribution in [0.5, 0.6) is 0 Å². The Bertz CT molecular complexity index is 489. The summed E-state index contributed by atoms with van der Waals surface area (Å²) in [6.07, 6.45) is 0.578. The van der Waals surface area contributed by atoms with Crippen molar-refractivity contribution < 1.29 is 12.8 Å². The molecule has 1 atom stereocenters. The second-order valence-electron chi connectivity index (χ2n) is 3.54. The molecule has 0 heterocycles. The van der Waals surface area contributed by atoms with Gasteiger partial charge in [0.25, 0.3) is 0 Å². The molecule has 0 aliphatic rings. The molecule has 0 aliphatic carbocycles. The maximum absolute atomic E-state index is 13.2. The van der Waals surface area contributed by atoms with Gasteiger partial charge in [0.1, 0.15) is 5.82 Å². The lowest BCUT2D eigenvalue weighted by Gasteiger charge is -2.14. The van der Waals surface area contributed by atoms with Crippen molar-refractivity contribution in [3.05, 3.63) is 28.5 Å². The summed E-state index contributed by atoms with van der Waals surface area (Å²) in [5.41, 5.74) is 5.41. The Morgan fingerprint density at radius 1 is 1.53 bits per heavy atom. The summed E-state index contributed by atoms with van der Waals surface area (Å²) in [7, 11) is -3.71. The molecule has 1 unspecified atom stereocenters. The molecule has 1 rings (SSSR count). The minimum atomic E-state index is -3.71. The summed E-state index contributed by atoms with van der Waals surface area (Å²) >= 11 is 2.96. The van der Waals surface area contributed by atoms with Crippen molar-refractivity contribution in [2.45, 2.75) is 24.3 Å². The van der Waals surface area contributed by atoms with Gasteiger partial charge in [0, 0.05) is 12.6 Å². The van der Waals surface area contributed by atoms with E-state index in [1.165, 1.54) is 12.1 Å². The fourth-order valence-corrected chi connectivity index (χ4v) is 2.82. The van der Waals surface area contributed by atoms with Crippen molar-refractivity contribution in [1.29, 1.82) is 0 Å². The van der Waals surface area contributed by atoms with Gasteiger partial charge in [-0.3, -0.25) is 0 Å². The zero-order chi connectivity index (χ0) is 13.1. The van der Waals surface area contributed by atoms with Gasteiger partial charge in [-0.05, 0) is 40.5 Å². The van der Waals surface area contributed by atoms with Crippen LogP contribution in [0.3, 0.4) is 0 Å². The third-order valence-electron chi connectivity index (χ3n) is 2.30. The van der Waals surface area contributed by atoms with Crippen LogP contribution in [-0.4, -0.2) is 21.0 Å². The van der Waals surface area contributed by atoms with E-state index in [2.05, 4.69) is 20.7 Å². The zero-order valence-electron chi connectivity index (χ0n) is 9.28. The zero-order valence-corrected chi connectivity index (χ0v) is 11.7.